The molecule has 112 valence electrons. The second kappa shape index (κ2) is 8.11. The van der Waals surface area contributed by atoms with Crippen LogP contribution < -0.4 is 10.1 Å². The van der Waals surface area contributed by atoms with Crippen LogP contribution >= 0.6 is 11.8 Å². The summed E-state index contributed by atoms with van der Waals surface area (Å²) in [7, 11) is 0. The summed E-state index contributed by atoms with van der Waals surface area (Å²) in [5, 5.41) is 3.42. The predicted octanol–water partition coefficient (Wildman–Crippen LogP) is 4.49. The van der Waals surface area contributed by atoms with E-state index in [0.29, 0.717) is 12.6 Å². The first-order valence-electron chi connectivity index (χ1n) is 7.26. The van der Waals surface area contributed by atoms with Crippen molar-refractivity contribution in [2.45, 2.75) is 37.9 Å². The van der Waals surface area contributed by atoms with Crippen molar-refractivity contribution in [1.82, 2.24) is 5.32 Å². The van der Waals surface area contributed by atoms with E-state index in [0.717, 1.165) is 12.3 Å². The molecule has 0 amide bonds. The minimum Gasteiger partial charge on any atom is -0.488 e. The third-order valence-corrected chi connectivity index (χ3v) is 3.98. The molecule has 0 saturated carbocycles. The highest BCUT2D eigenvalue weighted by Crippen LogP contribution is 2.27. The van der Waals surface area contributed by atoms with Gasteiger partial charge in [-0.15, -0.1) is 11.8 Å². The Kier molecular flexibility index (Phi) is 6.15. The summed E-state index contributed by atoms with van der Waals surface area (Å²) in [5.41, 5.74) is 2.50. The average Bonchev–Trinajstić information content (AvgIpc) is 2.52. The van der Waals surface area contributed by atoms with E-state index in [1.165, 1.54) is 16.0 Å². The van der Waals surface area contributed by atoms with Gasteiger partial charge in [-0.3, -0.25) is 0 Å². The quantitative estimate of drug-likeness (QED) is 0.762. The SMILES string of the molecule is CSc1ccccc1OCc1ccc(CNC(C)C)cc1. The van der Waals surface area contributed by atoms with Crippen LogP contribution in [0.1, 0.15) is 25.0 Å². The smallest absolute Gasteiger partial charge is 0.133 e. The van der Waals surface area contributed by atoms with Gasteiger partial charge in [0.1, 0.15) is 12.4 Å². The summed E-state index contributed by atoms with van der Waals surface area (Å²) in [4.78, 5) is 1.18. The van der Waals surface area contributed by atoms with Crippen LogP contribution in [0.3, 0.4) is 0 Å². The fraction of sp³-hybridized carbons (Fsp3) is 0.333. The second-order valence-electron chi connectivity index (χ2n) is 5.29. The van der Waals surface area contributed by atoms with Gasteiger partial charge in [0.2, 0.25) is 0 Å². The van der Waals surface area contributed by atoms with E-state index in [9.17, 15) is 0 Å². The molecule has 2 rings (SSSR count). The van der Waals surface area contributed by atoms with Gasteiger partial charge in [-0.1, -0.05) is 50.2 Å². The van der Waals surface area contributed by atoms with E-state index in [4.69, 9.17) is 4.74 Å². The topological polar surface area (TPSA) is 21.3 Å². The number of thioether (sulfide) groups is 1. The number of benzene rings is 2. The zero-order valence-corrected chi connectivity index (χ0v) is 13.7. The van der Waals surface area contributed by atoms with Crippen LogP contribution in [0, 0.1) is 0 Å². The van der Waals surface area contributed by atoms with Crippen LogP contribution in [0.25, 0.3) is 0 Å². The molecular weight excluding hydrogens is 278 g/mol. The van der Waals surface area contributed by atoms with E-state index in [1.807, 2.05) is 18.2 Å². The number of nitrogens with one attached hydrogen (secondary N) is 1. The molecular formula is C18H23NOS. The fourth-order valence-corrected chi connectivity index (χ4v) is 2.52. The Bertz CT molecular complexity index is 551. The summed E-state index contributed by atoms with van der Waals surface area (Å²) in [6.07, 6.45) is 2.07. The standard InChI is InChI=1S/C18H23NOS/c1-14(2)19-12-15-8-10-16(11-9-15)13-20-17-6-4-5-7-18(17)21-3/h4-11,14,19H,12-13H2,1-3H3. The minimum atomic E-state index is 0.510. The lowest BCUT2D eigenvalue weighted by Crippen LogP contribution is -2.21. The van der Waals surface area contributed by atoms with Gasteiger partial charge in [0.05, 0.1) is 0 Å². The molecule has 0 aromatic heterocycles. The Morgan fingerprint density at radius 2 is 1.67 bits per heavy atom. The first-order chi connectivity index (χ1) is 10.2. The number of hydrogen-bond donors (Lipinski definition) is 1. The summed E-state index contributed by atoms with van der Waals surface area (Å²) >= 11 is 1.71. The van der Waals surface area contributed by atoms with Crippen molar-refractivity contribution in [2.75, 3.05) is 6.26 Å². The Hall–Kier alpha value is -1.45. The van der Waals surface area contributed by atoms with Crippen molar-refractivity contribution in [2.24, 2.45) is 0 Å². The van der Waals surface area contributed by atoms with Gasteiger partial charge in [0, 0.05) is 17.5 Å². The maximum Gasteiger partial charge on any atom is 0.133 e. The zero-order valence-electron chi connectivity index (χ0n) is 12.9. The molecule has 0 aliphatic heterocycles. The molecule has 2 aromatic rings. The van der Waals surface area contributed by atoms with Crippen molar-refractivity contribution in [3.63, 3.8) is 0 Å². The molecule has 0 saturated heterocycles. The monoisotopic (exact) mass is 301 g/mol. The van der Waals surface area contributed by atoms with Crippen molar-refractivity contribution < 1.29 is 4.74 Å². The van der Waals surface area contributed by atoms with E-state index in [-0.39, 0.29) is 0 Å². The number of ether oxygens (including phenoxy) is 1. The zero-order chi connectivity index (χ0) is 15.1. The van der Waals surface area contributed by atoms with Crippen molar-refractivity contribution in [1.29, 1.82) is 0 Å². The minimum absolute atomic E-state index is 0.510. The molecule has 0 aliphatic carbocycles. The molecule has 0 unspecified atom stereocenters. The highest BCUT2D eigenvalue weighted by molar-refractivity contribution is 7.98. The molecule has 2 nitrogen and oxygen atoms in total. The fourth-order valence-electron chi connectivity index (χ4n) is 1.97. The Morgan fingerprint density at radius 3 is 2.33 bits per heavy atom. The van der Waals surface area contributed by atoms with Gasteiger partial charge in [-0.05, 0) is 29.5 Å². The van der Waals surface area contributed by atoms with E-state index in [1.54, 1.807) is 11.8 Å². The average molecular weight is 301 g/mol. The molecule has 1 N–H and O–H groups in total. The van der Waals surface area contributed by atoms with Crippen LogP contribution in [0.4, 0.5) is 0 Å². The largest absolute Gasteiger partial charge is 0.488 e. The summed E-state index contributed by atoms with van der Waals surface area (Å²) in [6.45, 7) is 5.83. The normalized spacial score (nSPS) is 10.9. The molecule has 2 aromatic carbocycles. The highest BCUT2D eigenvalue weighted by atomic mass is 32.2. The molecule has 21 heavy (non-hydrogen) atoms. The summed E-state index contributed by atoms with van der Waals surface area (Å²) in [6, 6.07) is 17.3. The lowest BCUT2D eigenvalue weighted by atomic mass is 10.1. The first-order valence-corrected chi connectivity index (χ1v) is 8.48. The molecule has 3 heteroatoms. The van der Waals surface area contributed by atoms with Crippen LogP contribution in [-0.2, 0) is 13.2 Å². The van der Waals surface area contributed by atoms with Gasteiger partial charge in [-0.2, -0.15) is 0 Å². The molecule has 0 spiro atoms. The van der Waals surface area contributed by atoms with Crippen LogP contribution in [-0.4, -0.2) is 12.3 Å². The third kappa shape index (κ3) is 5.10. The summed E-state index contributed by atoms with van der Waals surface area (Å²) < 4.78 is 5.92. The molecule has 0 radical (unpaired) electrons. The first kappa shape index (κ1) is 15.9. The summed E-state index contributed by atoms with van der Waals surface area (Å²) in [5.74, 6) is 0.954. The Balaban J connectivity index is 1.91. The Labute approximate surface area is 131 Å². The van der Waals surface area contributed by atoms with Gasteiger partial charge in [-0.25, -0.2) is 0 Å². The molecule has 0 heterocycles. The van der Waals surface area contributed by atoms with Crippen molar-refractivity contribution in [3.05, 3.63) is 59.7 Å². The maximum absolute atomic E-state index is 5.92. The molecule has 0 bridgehead atoms. The lowest BCUT2D eigenvalue weighted by Gasteiger charge is -2.11. The van der Waals surface area contributed by atoms with Crippen molar-refractivity contribution in [3.8, 4) is 5.75 Å². The third-order valence-electron chi connectivity index (χ3n) is 3.20. The van der Waals surface area contributed by atoms with Crippen LogP contribution in [0.2, 0.25) is 0 Å². The number of rotatable bonds is 7. The van der Waals surface area contributed by atoms with Crippen LogP contribution in [0.15, 0.2) is 53.4 Å². The van der Waals surface area contributed by atoms with E-state index >= 15 is 0 Å². The highest BCUT2D eigenvalue weighted by Gasteiger charge is 2.02. The van der Waals surface area contributed by atoms with E-state index in [2.05, 4.69) is 55.8 Å². The number of para-hydroxylation sites is 1. The van der Waals surface area contributed by atoms with Gasteiger partial charge < -0.3 is 10.1 Å². The maximum atomic E-state index is 5.92. The second-order valence-corrected chi connectivity index (χ2v) is 6.14. The van der Waals surface area contributed by atoms with Gasteiger partial charge in [0.15, 0.2) is 0 Å². The molecule has 0 fully saturated rings. The van der Waals surface area contributed by atoms with Crippen LogP contribution in [0.5, 0.6) is 5.75 Å². The Morgan fingerprint density at radius 1 is 1.00 bits per heavy atom. The van der Waals surface area contributed by atoms with Crippen molar-refractivity contribution >= 4 is 11.8 Å². The predicted molar refractivity (Wildman–Crippen MR) is 91.0 cm³/mol. The lowest BCUT2D eigenvalue weighted by molar-refractivity contribution is 0.299. The van der Waals surface area contributed by atoms with Gasteiger partial charge in [0.25, 0.3) is 0 Å². The molecule has 0 atom stereocenters. The van der Waals surface area contributed by atoms with E-state index < -0.39 is 0 Å². The number of hydrogen-bond acceptors (Lipinski definition) is 3. The molecule has 0 aliphatic rings. The van der Waals surface area contributed by atoms with Gasteiger partial charge >= 0.3 is 0 Å².